The number of hydrogen-bond donors (Lipinski definition) is 2. The lowest BCUT2D eigenvalue weighted by Gasteiger charge is -2.18. The summed E-state index contributed by atoms with van der Waals surface area (Å²) in [5, 5.41) is 11.6. The van der Waals surface area contributed by atoms with Gasteiger partial charge in [0.1, 0.15) is 0 Å². The Morgan fingerprint density at radius 1 is 1.53 bits per heavy atom. The molecule has 1 aromatic heterocycles. The fraction of sp³-hybridized carbons (Fsp3) is 0.444. The number of aromatic nitrogens is 2. The van der Waals surface area contributed by atoms with Crippen LogP contribution in [0.2, 0.25) is 0 Å². The highest BCUT2D eigenvalue weighted by atomic mass is 16.4. The minimum Gasteiger partial charge on any atom is -0.409 e. The third-order valence-corrected chi connectivity index (χ3v) is 2.46. The Kier molecular flexibility index (Phi) is 2.40. The second-order valence-corrected chi connectivity index (χ2v) is 3.56. The van der Waals surface area contributed by atoms with Crippen molar-refractivity contribution in [3.8, 4) is 0 Å². The summed E-state index contributed by atoms with van der Waals surface area (Å²) in [5.74, 6) is 0.654. The van der Waals surface area contributed by atoms with Crippen LogP contribution in [0.15, 0.2) is 17.5 Å². The van der Waals surface area contributed by atoms with E-state index in [1.54, 1.807) is 6.20 Å². The molecule has 0 unspecified atom stereocenters. The van der Waals surface area contributed by atoms with E-state index in [9.17, 15) is 0 Å². The van der Waals surface area contributed by atoms with Crippen LogP contribution in [0.4, 0.5) is 5.82 Å². The molecule has 0 aromatic carbocycles. The maximum Gasteiger partial charge on any atom is 0.192 e. The molecule has 80 valence electrons. The van der Waals surface area contributed by atoms with Gasteiger partial charge in [0.15, 0.2) is 17.3 Å². The van der Waals surface area contributed by atoms with E-state index in [-0.39, 0.29) is 5.84 Å². The zero-order valence-electron chi connectivity index (χ0n) is 8.46. The van der Waals surface area contributed by atoms with E-state index < -0.39 is 0 Å². The predicted molar refractivity (Wildman–Crippen MR) is 56.0 cm³/mol. The molecule has 1 aliphatic rings. The Morgan fingerprint density at radius 3 is 2.80 bits per heavy atom. The lowest BCUT2D eigenvalue weighted by molar-refractivity contribution is 0.318. The topological polar surface area (TPSA) is 87.6 Å². The quantitative estimate of drug-likeness (QED) is 0.319. The molecular formula is C9H13N5O. The number of nitrogens with zero attached hydrogens (tertiary/aromatic N) is 4. The van der Waals surface area contributed by atoms with E-state index in [1.807, 2.05) is 11.9 Å². The van der Waals surface area contributed by atoms with Gasteiger partial charge in [-0.05, 0) is 12.8 Å². The zero-order chi connectivity index (χ0) is 10.8. The third-order valence-electron chi connectivity index (χ3n) is 2.46. The second kappa shape index (κ2) is 3.72. The Morgan fingerprint density at radius 2 is 2.20 bits per heavy atom. The molecule has 1 heterocycles. The van der Waals surface area contributed by atoms with Gasteiger partial charge in [0.25, 0.3) is 0 Å². The first kappa shape index (κ1) is 9.70. The SMILES string of the molecule is CN(c1nccnc1C(N)=NO)C1CC1. The molecule has 6 nitrogen and oxygen atoms in total. The van der Waals surface area contributed by atoms with Crippen LogP contribution in [0.5, 0.6) is 0 Å². The maximum atomic E-state index is 8.63. The summed E-state index contributed by atoms with van der Waals surface area (Å²) >= 11 is 0. The van der Waals surface area contributed by atoms with Crippen molar-refractivity contribution in [1.82, 2.24) is 9.97 Å². The number of nitrogens with two attached hydrogens (primary N) is 1. The first-order valence-corrected chi connectivity index (χ1v) is 4.75. The minimum atomic E-state index is -0.00870. The summed E-state index contributed by atoms with van der Waals surface area (Å²) in [5.41, 5.74) is 5.95. The molecular weight excluding hydrogens is 194 g/mol. The van der Waals surface area contributed by atoms with Crippen LogP contribution in [-0.2, 0) is 0 Å². The third kappa shape index (κ3) is 1.83. The fourth-order valence-corrected chi connectivity index (χ4v) is 1.45. The molecule has 15 heavy (non-hydrogen) atoms. The van der Waals surface area contributed by atoms with Crippen molar-refractivity contribution < 1.29 is 5.21 Å². The number of oxime groups is 1. The van der Waals surface area contributed by atoms with Crippen molar-refractivity contribution in [2.75, 3.05) is 11.9 Å². The smallest absolute Gasteiger partial charge is 0.192 e. The maximum absolute atomic E-state index is 8.63. The molecule has 2 rings (SSSR count). The Balaban J connectivity index is 2.36. The van der Waals surface area contributed by atoms with Crippen molar-refractivity contribution in [2.24, 2.45) is 10.9 Å². The van der Waals surface area contributed by atoms with E-state index in [1.165, 1.54) is 6.20 Å². The van der Waals surface area contributed by atoms with E-state index in [0.29, 0.717) is 17.6 Å². The van der Waals surface area contributed by atoms with Crippen LogP contribution < -0.4 is 10.6 Å². The van der Waals surface area contributed by atoms with E-state index in [4.69, 9.17) is 10.9 Å². The first-order chi connectivity index (χ1) is 7.24. The van der Waals surface area contributed by atoms with E-state index in [2.05, 4.69) is 15.1 Å². The molecule has 0 spiro atoms. The average Bonchev–Trinajstić information content (AvgIpc) is 3.11. The Bertz CT molecular complexity index is 388. The van der Waals surface area contributed by atoms with Crippen molar-refractivity contribution in [3.63, 3.8) is 0 Å². The molecule has 0 bridgehead atoms. The van der Waals surface area contributed by atoms with Gasteiger partial charge in [-0.3, -0.25) is 0 Å². The molecule has 0 atom stereocenters. The van der Waals surface area contributed by atoms with Gasteiger partial charge >= 0.3 is 0 Å². The van der Waals surface area contributed by atoms with Crippen LogP contribution in [0.1, 0.15) is 18.5 Å². The second-order valence-electron chi connectivity index (χ2n) is 3.56. The van der Waals surface area contributed by atoms with Crippen molar-refractivity contribution >= 4 is 11.7 Å². The van der Waals surface area contributed by atoms with Crippen LogP contribution in [0, 0.1) is 0 Å². The van der Waals surface area contributed by atoms with Gasteiger partial charge in [0.2, 0.25) is 0 Å². The zero-order valence-corrected chi connectivity index (χ0v) is 8.46. The average molecular weight is 207 g/mol. The van der Waals surface area contributed by atoms with Gasteiger partial charge < -0.3 is 15.8 Å². The molecule has 0 amide bonds. The van der Waals surface area contributed by atoms with Crippen molar-refractivity contribution in [3.05, 3.63) is 18.1 Å². The Labute approximate surface area is 87.4 Å². The number of anilines is 1. The monoisotopic (exact) mass is 207 g/mol. The lowest BCUT2D eigenvalue weighted by atomic mass is 10.3. The summed E-state index contributed by atoms with van der Waals surface area (Å²) in [7, 11) is 1.94. The molecule has 6 heteroatoms. The van der Waals surface area contributed by atoms with Crippen molar-refractivity contribution in [2.45, 2.75) is 18.9 Å². The first-order valence-electron chi connectivity index (χ1n) is 4.75. The summed E-state index contributed by atoms with van der Waals surface area (Å²) < 4.78 is 0. The van der Waals surface area contributed by atoms with Gasteiger partial charge in [-0.15, -0.1) is 0 Å². The summed E-state index contributed by atoms with van der Waals surface area (Å²) in [6.07, 6.45) is 5.44. The van der Waals surface area contributed by atoms with Gasteiger partial charge in [0.05, 0.1) is 0 Å². The molecule has 1 saturated carbocycles. The summed E-state index contributed by atoms with van der Waals surface area (Å²) in [6.45, 7) is 0. The molecule has 1 aliphatic carbocycles. The number of rotatable bonds is 3. The minimum absolute atomic E-state index is 0.00870. The molecule has 1 aromatic rings. The van der Waals surface area contributed by atoms with Gasteiger partial charge in [-0.25, -0.2) is 9.97 Å². The normalized spacial score (nSPS) is 16.5. The van der Waals surface area contributed by atoms with Crippen LogP contribution in [-0.4, -0.2) is 34.1 Å². The summed E-state index contributed by atoms with van der Waals surface area (Å²) in [6, 6.07) is 0.506. The number of hydrogen-bond acceptors (Lipinski definition) is 5. The van der Waals surface area contributed by atoms with E-state index >= 15 is 0 Å². The van der Waals surface area contributed by atoms with Gasteiger partial charge in [-0.2, -0.15) is 0 Å². The lowest BCUT2D eigenvalue weighted by Crippen LogP contribution is -2.26. The van der Waals surface area contributed by atoms with Gasteiger partial charge in [-0.1, -0.05) is 5.16 Å². The van der Waals surface area contributed by atoms with Gasteiger partial charge in [0, 0.05) is 25.5 Å². The van der Waals surface area contributed by atoms with Crippen LogP contribution >= 0.6 is 0 Å². The predicted octanol–water partition coefficient (Wildman–Crippen LogP) is 0.170. The molecule has 3 N–H and O–H groups in total. The highest BCUT2D eigenvalue weighted by Crippen LogP contribution is 2.29. The van der Waals surface area contributed by atoms with Crippen LogP contribution in [0.3, 0.4) is 0 Å². The highest BCUT2D eigenvalue weighted by molar-refractivity contribution is 5.99. The number of amidine groups is 1. The summed E-state index contributed by atoms with van der Waals surface area (Å²) in [4.78, 5) is 10.3. The van der Waals surface area contributed by atoms with Crippen LogP contribution in [0.25, 0.3) is 0 Å². The highest BCUT2D eigenvalue weighted by Gasteiger charge is 2.29. The standard InChI is InChI=1S/C9H13N5O/c1-14(6-2-3-6)9-7(8(10)13-15)11-4-5-12-9/h4-6,15H,2-3H2,1H3,(H2,10,13). The van der Waals surface area contributed by atoms with E-state index in [0.717, 1.165) is 12.8 Å². The molecule has 0 saturated heterocycles. The van der Waals surface area contributed by atoms with Crippen molar-refractivity contribution in [1.29, 1.82) is 0 Å². The Hall–Kier alpha value is -1.85. The molecule has 0 radical (unpaired) electrons. The molecule has 1 fully saturated rings. The fourth-order valence-electron chi connectivity index (χ4n) is 1.45. The largest absolute Gasteiger partial charge is 0.409 e. The molecule has 0 aliphatic heterocycles.